The number of aromatic nitrogens is 4. The highest BCUT2D eigenvalue weighted by Gasteiger charge is 2.21. The molecule has 61 heavy (non-hydrogen) atoms. The second kappa shape index (κ2) is 15.5. The maximum Gasteiger partial charge on any atom is 0.160 e. The Balaban J connectivity index is 0.917. The van der Waals surface area contributed by atoms with Gasteiger partial charge in [0.05, 0.1) is 28.8 Å². The summed E-state index contributed by atoms with van der Waals surface area (Å²) < 4.78 is 2.14. The summed E-state index contributed by atoms with van der Waals surface area (Å²) >= 11 is 0. The molecule has 11 rings (SSSR count). The fraction of sp³-hybridized carbons (Fsp3) is 0. The first-order chi connectivity index (χ1) is 30.2. The number of hydrogen-bond donors (Lipinski definition) is 0. The van der Waals surface area contributed by atoms with Gasteiger partial charge in [0.1, 0.15) is 0 Å². The molecule has 0 saturated heterocycles. The predicted octanol–water partition coefficient (Wildman–Crippen LogP) is 14.6. The zero-order valence-electron chi connectivity index (χ0n) is 33.2. The standard InChI is InChI=1S/C57H38N4/c1-5-15-43(16-6-1)51-38-58-61-55(47-19-9-3-10-20-47)54(49-23-13-14-24-50(49)56(51)61)46-35-31-42(32-36-46)40-27-25-39(26-28-40)41-29-33-45(34-30-41)53-37-52(44-17-7-2-8-18-44)59-57(60-53)48-21-11-4-12-22-48/h1-38H. The van der Waals surface area contributed by atoms with Crippen molar-refractivity contribution in [3.63, 3.8) is 0 Å². The van der Waals surface area contributed by atoms with Crippen LogP contribution in [0.2, 0.25) is 0 Å². The van der Waals surface area contributed by atoms with Gasteiger partial charge in [0.15, 0.2) is 5.82 Å². The summed E-state index contributed by atoms with van der Waals surface area (Å²) in [6, 6.07) is 79.0. The van der Waals surface area contributed by atoms with E-state index >= 15 is 0 Å². The molecule has 0 aliphatic carbocycles. The lowest BCUT2D eigenvalue weighted by Crippen LogP contribution is -2.00. The summed E-state index contributed by atoms with van der Waals surface area (Å²) in [6.45, 7) is 0. The Hall–Kier alpha value is -8.21. The van der Waals surface area contributed by atoms with Crippen LogP contribution in [-0.4, -0.2) is 19.6 Å². The molecule has 11 aromatic rings. The Bertz CT molecular complexity index is 3230. The molecule has 4 nitrogen and oxygen atoms in total. The Labute approximate surface area is 354 Å². The molecule has 3 aromatic heterocycles. The molecule has 0 aliphatic rings. The lowest BCUT2D eigenvalue weighted by atomic mass is 9.91. The van der Waals surface area contributed by atoms with Gasteiger partial charge in [-0.15, -0.1) is 0 Å². The van der Waals surface area contributed by atoms with Gasteiger partial charge in [0, 0.05) is 38.8 Å². The third kappa shape index (κ3) is 6.76. The maximum atomic E-state index is 5.07. The topological polar surface area (TPSA) is 43.1 Å². The lowest BCUT2D eigenvalue weighted by molar-refractivity contribution is 0.976. The molecule has 3 heterocycles. The van der Waals surface area contributed by atoms with Crippen molar-refractivity contribution in [1.29, 1.82) is 0 Å². The van der Waals surface area contributed by atoms with Crippen LogP contribution in [0.5, 0.6) is 0 Å². The van der Waals surface area contributed by atoms with Crippen LogP contribution in [-0.2, 0) is 0 Å². The van der Waals surface area contributed by atoms with Crippen LogP contribution in [0.15, 0.2) is 231 Å². The third-order valence-corrected chi connectivity index (χ3v) is 11.5. The first-order valence-corrected chi connectivity index (χ1v) is 20.6. The molecule has 4 heteroatoms. The molecule has 0 spiro atoms. The van der Waals surface area contributed by atoms with E-state index in [9.17, 15) is 0 Å². The highest BCUT2D eigenvalue weighted by Crippen LogP contribution is 2.43. The molecule has 0 aliphatic heterocycles. The van der Waals surface area contributed by atoms with E-state index in [1.54, 1.807) is 0 Å². The van der Waals surface area contributed by atoms with Crippen molar-refractivity contribution in [2.24, 2.45) is 0 Å². The normalized spacial score (nSPS) is 11.3. The van der Waals surface area contributed by atoms with E-state index in [-0.39, 0.29) is 0 Å². The van der Waals surface area contributed by atoms with Crippen molar-refractivity contribution in [2.45, 2.75) is 0 Å². The monoisotopic (exact) mass is 778 g/mol. The Morgan fingerprint density at radius 2 is 0.705 bits per heavy atom. The Morgan fingerprint density at radius 1 is 0.311 bits per heavy atom. The predicted molar refractivity (Wildman–Crippen MR) is 252 cm³/mol. The highest BCUT2D eigenvalue weighted by atomic mass is 15.2. The van der Waals surface area contributed by atoms with E-state index in [4.69, 9.17) is 15.1 Å². The fourth-order valence-corrected chi connectivity index (χ4v) is 8.49. The van der Waals surface area contributed by atoms with Crippen molar-refractivity contribution in [1.82, 2.24) is 19.6 Å². The molecule has 0 N–H and O–H groups in total. The van der Waals surface area contributed by atoms with Crippen LogP contribution in [0.4, 0.5) is 0 Å². The summed E-state index contributed by atoms with van der Waals surface area (Å²) in [5.41, 5.74) is 17.4. The number of benzene rings is 8. The van der Waals surface area contributed by atoms with E-state index in [0.717, 1.165) is 89.4 Å². The van der Waals surface area contributed by atoms with Gasteiger partial charge >= 0.3 is 0 Å². The van der Waals surface area contributed by atoms with Gasteiger partial charge in [-0.05, 0) is 44.8 Å². The first kappa shape index (κ1) is 35.9. The number of nitrogens with zero attached hydrogens (tertiary/aromatic N) is 4. The van der Waals surface area contributed by atoms with Crippen molar-refractivity contribution in [2.75, 3.05) is 0 Å². The smallest absolute Gasteiger partial charge is 0.160 e. The summed E-state index contributed by atoms with van der Waals surface area (Å²) in [5.74, 6) is 0.714. The molecular formula is C57H38N4. The van der Waals surface area contributed by atoms with Gasteiger partial charge < -0.3 is 0 Å². The molecule has 8 aromatic carbocycles. The minimum atomic E-state index is 0.714. The zero-order chi connectivity index (χ0) is 40.5. The van der Waals surface area contributed by atoms with E-state index in [0.29, 0.717) is 5.82 Å². The second-order valence-corrected chi connectivity index (χ2v) is 15.2. The molecule has 0 bridgehead atoms. The third-order valence-electron chi connectivity index (χ3n) is 11.5. The van der Waals surface area contributed by atoms with E-state index in [1.165, 1.54) is 10.8 Å². The van der Waals surface area contributed by atoms with Crippen molar-refractivity contribution < 1.29 is 0 Å². The van der Waals surface area contributed by atoms with E-state index < -0.39 is 0 Å². The number of fused-ring (bicyclic) bond motifs is 3. The van der Waals surface area contributed by atoms with Gasteiger partial charge in [0.25, 0.3) is 0 Å². The van der Waals surface area contributed by atoms with E-state index in [2.05, 4.69) is 193 Å². The molecule has 286 valence electrons. The number of hydrogen-bond acceptors (Lipinski definition) is 3. The van der Waals surface area contributed by atoms with Crippen LogP contribution in [0.1, 0.15) is 0 Å². The molecule has 0 atom stereocenters. The minimum absolute atomic E-state index is 0.714. The maximum absolute atomic E-state index is 5.07. The van der Waals surface area contributed by atoms with Gasteiger partial charge in [-0.3, -0.25) is 0 Å². The first-order valence-electron chi connectivity index (χ1n) is 20.6. The molecule has 0 unspecified atom stereocenters. The second-order valence-electron chi connectivity index (χ2n) is 15.2. The lowest BCUT2D eigenvalue weighted by Gasteiger charge is -2.18. The van der Waals surface area contributed by atoms with Crippen molar-refractivity contribution in [3.05, 3.63) is 231 Å². The largest absolute Gasteiger partial charge is 0.231 e. The van der Waals surface area contributed by atoms with E-state index in [1.807, 2.05) is 42.6 Å². The summed E-state index contributed by atoms with van der Waals surface area (Å²) in [5, 5.41) is 7.44. The van der Waals surface area contributed by atoms with Gasteiger partial charge in [0.2, 0.25) is 0 Å². The molecule has 0 saturated carbocycles. The Morgan fingerprint density at radius 3 is 1.23 bits per heavy atom. The van der Waals surface area contributed by atoms with Crippen LogP contribution >= 0.6 is 0 Å². The van der Waals surface area contributed by atoms with Crippen molar-refractivity contribution >= 4 is 16.3 Å². The molecular weight excluding hydrogens is 741 g/mol. The fourth-order valence-electron chi connectivity index (χ4n) is 8.49. The van der Waals surface area contributed by atoms with Crippen LogP contribution in [0.25, 0.3) is 106 Å². The van der Waals surface area contributed by atoms with Gasteiger partial charge in [-0.1, -0.05) is 218 Å². The Kier molecular flexibility index (Phi) is 9.14. The van der Waals surface area contributed by atoms with Crippen molar-refractivity contribution in [3.8, 4) is 89.7 Å². The average Bonchev–Trinajstić information content (AvgIpc) is 3.80. The van der Waals surface area contributed by atoms with Gasteiger partial charge in [-0.2, -0.15) is 5.10 Å². The molecule has 0 amide bonds. The average molecular weight is 779 g/mol. The quantitative estimate of drug-likeness (QED) is 0.154. The van der Waals surface area contributed by atoms with Crippen LogP contribution in [0, 0.1) is 0 Å². The molecule has 0 fully saturated rings. The van der Waals surface area contributed by atoms with Crippen LogP contribution < -0.4 is 0 Å². The SMILES string of the molecule is c1ccc(-c2cc(-c3ccc(-c4ccc(-c5ccc(-c6c(-c7ccccc7)n7ncc(-c8ccccc8)c7c7ccccc67)cc5)cc4)cc3)nc(-c3ccccc3)n2)cc1. The molecule has 0 radical (unpaired) electrons. The summed E-state index contributed by atoms with van der Waals surface area (Å²) in [6.07, 6.45) is 2.01. The number of rotatable bonds is 8. The summed E-state index contributed by atoms with van der Waals surface area (Å²) in [7, 11) is 0. The zero-order valence-corrected chi connectivity index (χ0v) is 33.2. The minimum Gasteiger partial charge on any atom is -0.231 e. The number of pyridine rings is 1. The summed E-state index contributed by atoms with van der Waals surface area (Å²) in [4.78, 5) is 9.97. The highest BCUT2D eigenvalue weighted by molar-refractivity contribution is 6.13. The van der Waals surface area contributed by atoms with Gasteiger partial charge in [-0.25, -0.2) is 14.5 Å². The van der Waals surface area contributed by atoms with Crippen LogP contribution in [0.3, 0.4) is 0 Å².